The number of carbonyl (C=O) groups is 2. The molecule has 0 aliphatic carbocycles. The summed E-state index contributed by atoms with van der Waals surface area (Å²) in [6.45, 7) is 1.40. The molecule has 11 atom stereocenters. The highest BCUT2D eigenvalue weighted by Crippen LogP contribution is 2.60. The molecule has 0 radical (unpaired) electrons. The minimum atomic E-state index is -5.43. The number of nitrogens with two attached hydrogens (primary N) is 2. The Bertz CT molecular complexity index is 1850. The summed E-state index contributed by atoms with van der Waals surface area (Å²) in [5, 5.41) is 42.2. The molecule has 2 aliphatic heterocycles. The van der Waals surface area contributed by atoms with Crippen molar-refractivity contribution in [2.75, 3.05) is 18.9 Å². The number of aliphatic hydroxyl groups is 4. The number of phosphoric ester groups is 2. The SMILES string of the molecule is CCC(=O)[C@@H](C)c1cc[n+]([C@@H]2O[C@@H](COP(=O)(O)OP(=O)(O)OC[C@@H]3O[C@@H](n4cnc5c(N)ncnc54)[C@H](O)[C@H]3O)[C@H](O)[C@H]2O)cc1C(N)=O. The van der Waals surface area contributed by atoms with Crippen LogP contribution in [-0.2, 0) is 36.8 Å². The van der Waals surface area contributed by atoms with Gasteiger partial charge in [0.25, 0.3) is 12.1 Å². The Kier molecular flexibility index (Phi) is 11.2. The zero-order valence-electron chi connectivity index (χ0n) is 26.3. The van der Waals surface area contributed by atoms with Crippen molar-refractivity contribution in [2.24, 2.45) is 5.73 Å². The van der Waals surface area contributed by atoms with Crippen LogP contribution in [0.2, 0.25) is 0 Å². The maximum Gasteiger partial charge on any atom is 0.481 e. The van der Waals surface area contributed by atoms with Gasteiger partial charge in [-0.3, -0.25) is 23.2 Å². The van der Waals surface area contributed by atoms with Crippen molar-refractivity contribution in [3.05, 3.63) is 42.2 Å². The van der Waals surface area contributed by atoms with Crippen molar-refractivity contribution in [3.8, 4) is 0 Å². The van der Waals surface area contributed by atoms with Crippen LogP contribution in [0.1, 0.15) is 54.6 Å². The monoisotopic (exact) mass is 748 g/mol. The maximum atomic E-state index is 12.6. The van der Waals surface area contributed by atoms with Crippen LogP contribution in [0, 0.1) is 0 Å². The molecule has 2 aliphatic rings. The topological polar surface area (TPSA) is 335 Å². The number of ketones is 1. The second-order valence-electron chi connectivity index (χ2n) is 11.5. The highest BCUT2D eigenvalue weighted by atomic mass is 31.3. The quantitative estimate of drug-likeness (QED) is 0.0657. The molecule has 3 aromatic heterocycles. The van der Waals surface area contributed by atoms with Crippen LogP contribution >= 0.6 is 15.6 Å². The number of phosphoric acid groups is 2. The molecule has 2 unspecified atom stereocenters. The second-order valence-corrected chi connectivity index (χ2v) is 14.5. The lowest BCUT2D eigenvalue weighted by atomic mass is 9.92. The molecule has 24 heteroatoms. The average Bonchev–Trinajstić information content (AvgIpc) is 3.71. The van der Waals surface area contributed by atoms with E-state index in [0.717, 1.165) is 6.33 Å². The first-order valence-corrected chi connectivity index (χ1v) is 17.9. The Morgan fingerprint density at radius 3 is 2.24 bits per heavy atom. The van der Waals surface area contributed by atoms with Gasteiger partial charge in [-0.2, -0.15) is 8.88 Å². The number of rotatable bonds is 14. The molecule has 5 heterocycles. The van der Waals surface area contributed by atoms with Crippen molar-refractivity contribution in [3.63, 3.8) is 0 Å². The van der Waals surface area contributed by atoms with Gasteiger partial charge in [-0.1, -0.05) is 13.8 Å². The molecule has 274 valence electrons. The number of imidazole rings is 1. The number of amides is 1. The third kappa shape index (κ3) is 7.77. The van der Waals surface area contributed by atoms with Gasteiger partial charge in [0, 0.05) is 18.4 Å². The lowest BCUT2D eigenvalue weighted by Crippen LogP contribution is -2.46. The van der Waals surface area contributed by atoms with E-state index in [4.69, 9.17) is 30.0 Å². The molecule has 22 nitrogen and oxygen atoms in total. The van der Waals surface area contributed by atoms with Crippen LogP contribution in [-0.4, -0.2) is 111 Å². The number of pyridine rings is 1. The Morgan fingerprint density at radius 1 is 1.00 bits per heavy atom. The summed E-state index contributed by atoms with van der Waals surface area (Å²) >= 11 is 0. The lowest BCUT2D eigenvalue weighted by molar-refractivity contribution is -0.765. The third-order valence-electron chi connectivity index (χ3n) is 8.22. The molecule has 0 saturated carbocycles. The number of primary amides is 1. The van der Waals surface area contributed by atoms with Gasteiger partial charge in [-0.05, 0) is 5.56 Å². The molecule has 2 saturated heterocycles. The zero-order chi connectivity index (χ0) is 36.7. The van der Waals surface area contributed by atoms with E-state index in [1.807, 2.05) is 0 Å². The van der Waals surface area contributed by atoms with Gasteiger partial charge in [-0.25, -0.2) is 24.1 Å². The standard InChI is InChI=1S/C26H35N7O15P2/c1-3-14(34)11(2)12-4-5-32(6-13(12)23(28)39)25-20(37)18(35)15(46-25)7-44-49(40,41)48-50(42,43)45-8-16-19(36)21(38)26(47-16)33-10-31-17-22(27)29-9-30-24(17)33/h4-6,9-11,15-16,18-21,25-26,35-38H,3,7-8H2,1-2H3,(H5-,27,28,29,30,39,40,41,42,43)/p+1/t11-,15-,16-,18-,19-,20+,21+,25+,26+/m0/s1. The third-order valence-corrected chi connectivity index (χ3v) is 10.8. The average molecular weight is 749 g/mol. The number of Topliss-reactive ketones (excluding diaryl/α,β-unsaturated/α-hetero) is 1. The number of carbonyl (C=O) groups excluding carboxylic acids is 2. The van der Waals surface area contributed by atoms with Gasteiger partial charge in [0.2, 0.25) is 0 Å². The minimum absolute atomic E-state index is 0.0418. The van der Waals surface area contributed by atoms with E-state index in [1.54, 1.807) is 13.8 Å². The van der Waals surface area contributed by atoms with Crippen LogP contribution in [0.5, 0.6) is 0 Å². The van der Waals surface area contributed by atoms with E-state index in [1.165, 1.54) is 33.9 Å². The highest BCUT2D eigenvalue weighted by Gasteiger charge is 2.50. The fourth-order valence-corrected chi connectivity index (χ4v) is 7.61. The lowest BCUT2D eigenvalue weighted by Gasteiger charge is -2.20. The van der Waals surface area contributed by atoms with Crippen LogP contribution in [0.3, 0.4) is 0 Å². The van der Waals surface area contributed by atoms with Crippen molar-refractivity contribution in [1.29, 1.82) is 0 Å². The van der Waals surface area contributed by atoms with Gasteiger partial charge in [0.15, 0.2) is 36.2 Å². The van der Waals surface area contributed by atoms with Crippen molar-refractivity contribution < 1.29 is 76.3 Å². The molecule has 3 aromatic rings. The van der Waals surface area contributed by atoms with Gasteiger partial charge in [0.1, 0.15) is 53.7 Å². The smallest absolute Gasteiger partial charge is 0.387 e. The second kappa shape index (κ2) is 14.7. The van der Waals surface area contributed by atoms with E-state index in [-0.39, 0.29) is 34.7 Å². The van der Waals surface area contributed by atoms with E-state index in [2.05, 4.69) is 19.3 Å². The summed E-state index contributed by atoms with van der Waals surface area (Å²) in [4.78, 5) is 56.5. The zero-order valence-corrected chi connectivity index (χ0v) is 28.1. The fraction of sp³-hybridized carbons (Fsp3) is 0.538. The van der Waals surface area contributed by atoms with Gasteiger partial charge in [-0.15, -0.1) is 0 Å². The molecular formula is C26H36N7O15P2+. The fourth-order valence-electron chi connectivity index (χ4n) is 5.52. The summed E-state index contributed by atoms with van der Waals surface area (Å²) < 4.78 is 52.5. The number of hydrogen-bond donors (Lipinski definition) is 8. The number of nitrogens with zero attached hydrogens (tertiary/aromatic N) is 5. The van der Waals surface area contributed by atoms with Gasteiger partial charge >= 0.3 is 15.6 Å². The molecule has 2 fully saturated rings. The summed E-state index contributed by atoms with van der Waals surface area (Å²) in [5.74, 6) is -1.64. The van der Waals surface area contributed by atoms with Gasteiger partial charge in [0.05, 0.1) is 19.5 Å². The van der Waals surface area contributed by atoms with Gasteiger partial charge < -0.3 is 51.2 Å². The van der Waals surface area contributed by atoms with Crippen molar-refractivity contribution in [1.82, 2.24) is 19.5 Å². The Labute approximate surface area is 282 Å². The van der Waals surface area contributed by atoms with E-state index >= 15 is 0 Å². The van der Waals surface area contributed by atoms with E-state index in [0.29, 0.717) is 5.56 Å². The predicted molar refractivity (Wildman–Crippen MR) is 163 cm³/mol. The number of fused-ring (bicyclic) bond motifs is 1. The Hall–Kier alpha value is -3.34. The number of ether oxygens (including phenoxy) is 2. The molecular weight excluding hydrogens is 712 g/mol. The molecule has 1 amide bonds. The number of hydrogen-bond acceptors (Lipinski definition) is 17. The number of aliphatic hydroxyl groups excluding tert-OH is 4. The Balaban J connectivity index is 1.18. The normalized spacial score (nSPS) is 29.8. The molecule has 0 spiro atoms. The summed E-state index contributed by atoms with van der Waals surface area (Å²) in [5.41, 5.74) is 11.9. The number of aromatic nitrogens is 5. The predicted octanol–water partition coefficient (Wildman–Crippen LogP) is -1.93. The largest absolute Gasteiger partial charge is 0.481 e. The van der Waals surface area contributed by atoms with E-state index < -0.39 is 89.8 Å². The van der Waals surface area contributed by atoms with Crippen LogP contribution in [0.25, 0.3) is 11.2 Å². The summed E-state index contributed by atoms with van der Waals surface area (Å²) in [6, 6.07) is 1.43. The van der Waals surface area contributed by atoms with Crippen LogP contribution in [0.4, 0.5) is 5.82 Å². The van der Waals surface area contributed by atoms with Crippen molar-refractivity contribution in [2.45, 2.75) is 75.3 Å². The number of nitrogen functional groups attached to an aromatic ring is 1. The summed E-state index contributed by atoms with van der Waals surface area (Å²) in [7, 11) is -10.8. The van der Waals surface area contributed by atoms with Crippen LogP contribution < -0.4 is 16.0 Å². The molecule has 5 rings (SSSR count). The first kappa shape index (κ1) is 37.9. The molecule has 0 aromatic carbocycles. The first-order chi connectivity index (χ1) is 23.4. The number of anilines is 1. The van der Waals surface area contributed by atoms with Crippen LogP contribution in [0.15, 0.2) is 31.1 Å². The molecule has 10 N–H and O–H groups in total. The Morgan fingerprint density at radius 2 is 1.62 bits per heavy atom. The maximum absolute atomic E-state index is 12.6. The molecule has 0 bridgehead atoms. The molecule has 50 heavy (non-hydrogen) atoms. The first-order valence-electron chi connectivity index (χ1n) is 14.9. The summed E-state index contributed by atoms with van der Waals surface area (Å²) in [6.07, 6.45) is -7.12. The van der Waals surface area contributed by atoms with E-state index in [9.17, 15) is 48.9 Å². The highest BCUT2D eigenvalue weighted by molar-refractivity contribution is 7.61. The van der Waals surface area contributed by atoms with Crippen molar-refractivity contribution >= 4 is 44.3 Å². The minimum Gasteiger partial charge on any atom is -0.387 e.